The second-order valence-corrected chi connectivity index (χ2v) is 8.20. The molecule has 35 heavy (non-hydrogen) atoms. The molecule has 0 aliphatic rings. The van der Waals surface area contributed by atoms with Gasteiger partial charge in [0.2, 0.25) is 11.8 Å². The number of methoxy groups -OCH3 is 2. The molecular weight excluding hydrogens is 448 g/mol. The lowest BCUT2D eigenvalue weighted by atomic mass is 9.72. The minimum Gasteiger partial charge on any atom is -0.488 e. The van der Waals surface area contributed by atoms with Crippen molar-refractivity contribution in [2.45, 2.75) is 44.8 Å². The van der Waals surface area contributed by atoms with E-state index >= 15 is 0 Å². The molecule has 1 N–H and O–H groups in total. The van der Waals surface area contributed by atoms with E-state index in [1.54, 1.807) is 26.4 Å². The third-order valence-corrected chi connectivity index (χ3v) is 6.39. The first-order valence-corrected chi connectivity index (χ1v) is 11.5. The summed E-state index contributed by atoms with van der Waals surface area (Å²) in [6.07, 6.45) is 4.01. The molecule has 8 heteroatoms. The maximum Gasteiger partial charge on any atom is 0.335 e. The molecule has 0 fully saturated rings. The summed E-state index contributed by atoms with van der Waals surface area (Å²) in [7, 11) is 3.15. The summed E-state index contributed by atoms with van der Waals surface area (Å²) >= 11 is 0. The summed E-state index contributed by atoms with van der Waals surface area (Å²) < 4.78 is 22.6. The van der Waals surface area contributed by atoms with Crippen molar-refractivity contribution >= 4 is 5.97 Å². The van der Waals surface area contributed by atoms with Gasteiger partial charge in [-0.1, -0.05) is 19.9 Å². The molecule has 8 nitrogen and oxygen atoms in total. The highest BCUT2D eigenvalue weighted by atomic mass is 16.7. The van der Waals surface area contributed by atoms with Gasteiger partial charge in [0.05, 0.1) is 5.56 Å². The van der Waals surface area contributed by atoms with Crippen LogP contribution in [-0.2, 0) is 14.9 Å². The van der Waals surface area contributed by atoms with Gasteiger partial charge < -0.3 is 23.7 Å². The lowest BCUT2D eigenvalue weighted by molar-refractivity contribution is -0.122. The molecule has 0 radical (unpaired) electrons. The van der Waals surface area contributed by atoms with Crippen molar-refractivity contribution in [2.75, 3.05) is 20.8 Å². The van der Waals surface area contributed by atoms with Gasteiger partial charge in [-0.15, -0.1) is 16.8 Å². The number of hydrogen-bond acceptors (Lipinski definition) is 7. The molecule has 0 aliphatic carbocycles. The van der Waals surface area contributed by atoms with Crippen molar-refractivity contribution in [2.24, 2.45) is 0 Å². The van der Waals surface area contributed by atoms with Crippen molar-refractivity contribution in [1.82, 2.24) is 10.2 Å². The molecule has 0 aliphatic heterocycles. The first kappa shape index (κ1) is 26.1. The number of aromatic carboxylic acids is 1. The molecule has 0 atom stereocenters. The van der Waals surface area contributed by atoms with Gasteiger partial charge in [-0.25, -0.2) is 4.79 Å². The van der Waals surface area contributed by atoms with E-state index in [4.69, 9.17) is 23.7 Å². The number of nitrogens with zero attached hydrogens (tertiary/aromatic N) is 2. The van der Waals surface area contributed by atoms with Crippen LogP contribution in [0.25, 0.3) is 22.9 Å². The summed E-state index contributed by atoms with van der Waals surface area (Å²) in [4.78, 5) is 11.1. The molecule has 3 aromatic rings. The summed E-state index contributed by atoms with van der Waals surface area (Å²) in [5.41, 5.74) is 2.44. The minimum atomic E-state index is -0.991. The molecule has 1 heterocycles. The fraction of sp³-hybridized carbons (Fsp3) is 0.370. The Balaban J connectivity index is 2.00. The molecule has 0 saturated carbocycles. The standard InChI is InChI=1S/C27H32N2O6/c1-6-15-27(7-2,8-3)21-16-20(13-14-22(21)34-17-23(32-4)33-5)25-29-28-24(35-25)18-9-11-19(12-10-18)26(30)31/h6,9-14,16,23H,1,7-8,15,17H2,2-5H3,(H,30,31). The van der Waals surface area contributed by atoms with E-state index in [-0.39, 0.29) is 17.6 Å². The topological polar surface area (TPSA) is 104 Å². The largest absolute Gasteiger partial charge is 0.488 e. The third kappa shape index (κ3) is 5.78. The van der Waals surface area contributed by atoms with Crippen molar-refractivity contribution in [1.29, 1.82) is 0 Å². The Labute approximate surface area is 205 Å². The average Bonchev–Trinajstić information content (AvgIpc) is 3.38. The van der Waals surface area contributed by atoms with Crippen molar-refractivity contribution < 1.29 is 28.5 Å². The number of aromatic nitrogens is 2. The van der Waals surface area contributed by atoms with Crippen LogP contribution in [0, 0.1) is 0 Å². The first-order chi connectivity index (χ1) is 16.9. The third-order valence-electron chi connectivity index (χ3n) is 6.39. The molecule has 0 unspecified atom stereocenters. The number of carbonyl (C=O) groups is 1. The van der Waals surface area contributed by atoms with Crippen LogP contribution in [-0.4, -0.2) is 48.4 Å². The van der Waals surface area contributed by atoms with Gasteiger partial charge in [-0.05, 0) is 61.7 Å². The zero-order valence-electron chi connectivity index (χ0n) is 20.6. The van der Waals surface area contributed by atoms with Gasteiger partial charge in [-0.3, -0.25) is 0 Å². The average molecular weight is 481 g/mol. The van der Waals surface area contributed by atoms with E-state index in [0.29, 0.717) is 17.3 Å². The summed E-state index contributed by atoms with van der Waals surface area (Å²) in [5, 5.41) is 17.5. The Hall–Kier alpha value is -3.49. The van der Waals surface area contributed by atoms with Crippen LogP contribution >= 0.6 is 0 Å². The molecule has 2 aromatic carbocycles. The second-order valence-electron chi connectivity index (χ2n) is 8.20. The van der Waals surface area contributed by atoms with Gasteiger partial charge in [-0.2, -0.15) is 0 Å². The van der Waals surface area contributed by atoms with Crippen LogP contribution in [0.3, 0.4) is 0 Å². The number of ether oxygens (including phenoxy) is 3. The molecule has 0 bridgehead atoms. The molecule has 186 valence electrons. The zero-order valence-corrected chi connectivity index (χ0v) is 20.6. The molecule has 0 amide bonds. The summed E-state index contributed by atoms with van der Waals surface area (Å²) in [5.74, 6) is 0.420. The van der Waals surface area contributed by atoms with Crippen LogP contribution < -0.4 is 4.74 Å². The normalized spacial score (nSPS) is 11.6. The lowest BCUT2D eigenvalue weighted by Crippen LogP contribution is -2.27. The monoisotopic (exact) mass is 480 g/mol. The highest BCUT2D eigenvalue weighted by molar-refractivity contribution is 5.88. The minimum absolute atomic E-state index is 0.182. The quantitative estimate of drug-likeness (QED) is 0.244. The van der Waals surface area contributed by atoms with Gasteiger partial charge in [0.25, 0.3) is 0 Å². The lowest BCUT2D eigenvalue weighted by Gasteiger charge is -2.33. The molecule has 3 rings (SSSR count). The zero-order chi connectivity index (χ0) is 25.4. The summed E-state index contributed by atoms with van der Waals surface area (Å²) in [6, 6.07) is 12.1. The van der Waals surface area contributed by atoms with Gasteiger partial charge in [0, 0.05) is 36.3 Å². The fourth-order valence-electron chi connectivity index (χ4n) is 4.11. The van der Waals surface area contributed by atoms with Crippen LogP contribution in [0.5, 0.6) is 5.75 Å². The van der Waals surface area contributed by atoms with E-state index < -0.39 is 12.3 Å². The van der Waals surface area contributed by atoms with Crippen LogP contribution in [0.1, 0.15) is 49.0 Å². The van der Waals surface area contributed by atoms with E-state index in [1.807, 2.05) is 24.3 Å². The number of rotatable bonds is 13. The van der Waals surface area contributed by atoms with Crippen LogP contribution in [0.2, 0.25) is 0 Å². The Bertz CT molecular complexity index is 1130. The van der Waals surface area contributed by atoms with E-state index in [1.165, 1.54) is 12.1 Å². The molecule has 1 aromatic heterocycles. The highest BCUT2D eigenvalue weighted by Crippen LogP contribution is 2.42. The number of benzene rings is 2. The first-order valence-electron chi connectivity index (χ1n) is 11.5. The second kappa shape index (κ2) is 11.8. The fourth-order valence-corrected chi connectivity index (χ4v) is 4.11. The Morgan fingerprint density at radius 1 is 1.06 bits per heavy atom. The maximum absolute atomic E-state index is 11.1. The van der Waals surface area contributed by atoms with Crippen LogP contribution in [0.4, 0.5) is 0 Å². The Morgan fingerprint density at radius 2 is 1.66 bits per heavy atom. The van der Waals surface area contributed by atoms with E-state index in [0.717, 1.165) is 36.1 Å². The summed E-state index contributed by atoms with van der Waals surface area (Å²) in [6.45, 7) is 8.53. The van der Waals surface area contributed by atoms with Crippen LogP contribution in [0.15, 0.2) is 59.5 Å². The van der Waals surface area contributed by atoms with Crippen molar-refractivity contribution in [3.8, 4) is 28.7 Å². The van der Waals surface area contributed by atoms with Gasteiger partial charge >= 0.3 is 5.97 Å². The molecular formula is C27H32N2O6. The number of allylic oxidation sites excluding steroid dienone is 1. The Morgan fingerprint density at radius 3 is 2.20 bits per heavy atom. The number of carboxylic acids is 1. The number of hydrogen-bond donors (Lipinski definition) is 1. The maximum atomic E-state index is 11.1. The predicted molar refractivity (Wildman–Crippen MR) is 133 cm³/mol. The van der Waals surface area contributed by atoms with E-state index in [9.17, 15) is 4.79 Å². The predicted octanol–water partition coefficient (Wildman–Crippen LogP) is 5.73. The SMILES string of the molecule is C=CCC(CC)(CC)c1cc(-c2nnc(-c3ccc(C(=O)O)cc3)o2)ccc1OCC(OC)OC. The van der Waals surface area contributed by atoms with Gasteiger partial charge in [0.15, 0.2) is 6.29 Å². The molecule has 0 saturated heterocycles. The van der Waals surface area contributed by atoms with Crippen molar-refractivity contribution in [3.05, 3.63) is 66.2 Å². The smallest absolute Gasteiger partial charge is 0.335 e. The highest BCUT2D eigenvalue weighted by Gasteiger charge is 2.31. The Kier molecular flexibility index (Phi) is 8.78. The van der Waals surface area contributed by atoms with Crippen molar-refractivity contribution in [3.63, 3.8) is 0 Å². The van der Waals surface area contributed by atoms with Gasteiger partial charge in [0.1, 0.15) is 12.4 Å². The molecule has 0 spiro atoms. The van der Waals surface area contributed by atoms with E-state index in [2.05, 4.69) is 30.6 Å². The number of carboxylic acid groups (broad SMARTS) is 1.